The summed E-state index contributed by atoms with van der Waals surface area (Å²) in [7, 11) is 1.53. The third-order valence-electron chi connectivity index (χ3n) is 3.66. The van der Waals surface area contributed by atoms with Crippen molar-refractivity contribution in [3.05, 3.63) is 34.9 Å². The van der Waals surface area contributed by atoms with Gasteiger partial charge >= 0.3 is 5.97 Å². The Hall–Kier alpha value is -3.18. The Morgan fingerprint density at radius 3 is 2.65 bits per heavy atom. The quantitative estimate of drug-likeness (QED) is 0.309. The van der Waals surface area contributed by atoms with Gasteiger partial charge < -0.3 is 14.8 Å². The maximum atomic E-state index is 12.4. The average molecular weight is 358 g/mol. The van der Waals surface area contributed by atoms with Crippen LogP contribution in [0.5, 0.6) is 0 Å². The van der Waals surface area contributed by atoms with Gasteiger partial charge in [0.25, 0.3) is 17.7 Å². The SMILES string of the molecule is C#CCNC(=O)COC(=O)c1ccc2c(c1)C(=O)N(CCCOC)C2=O. The van der Waals surface area contributed by atoms with Crippen LogP contribution < -0.4 is 5.32 Å². The van der Waals surface area contributed by atoms with Crippen LogP contribution in [0.25, 0.3) is 0 Å². The number of hydrogen-bond donors (Lipinski definition) is 1. The smallest absolute Gasteiger partial charge is 0.338 e. The van der Waals surface area contributed by atoms with E-state index in [1.807, 2.05) is 0 Å². The van der Waals surface area contributed by atoms with E-state index in [9.17, 15) is 19.2 Å². The molecule has 0 fully saturated rings. The van der Waals surface area contributed by atoms with E-state index in [4.69, 9.17) is 15.9 Å². The first kappa shape index (κ1) is 19.1. The van der Waals surface area contributed by atoms with Crippen LogP contribution in [0.15, 0.2) is 18.2 Å². The number of benzene rings is 1. The van der Waals surface area contributed by atoms with Gasteiger partial charge in [-0.25, -0.2) is 4.79 Å². The molecule has 8 heteroatoms. The zero-order valence-corrected chi connectivity index (χ0v) is 14.2. The number of esters is 1. The third kappa shape index (κ3) is 4.26. The van der Waals surface area contributed by atoms with E-state index in [0.717, 1.165) is 4.90 Å². The number of terminal acetylenes is 1. The number of nitrogens with one attached hydrogen (secondary N) is 1. The summed E-state index contributed by atoms with van der Waals surface area (Å²) in [5.74, 6) is 0.0352. The lowest BCUT2D eigenvalue weighted by molar-refractivity contribution is -0.123. The lowest BCUT2D eigenvalue weighted by Crippen LogP contribution is -2.31. The van der Waals surface area contributed by atoms with E-state index in [1.165, 1.54) is 25.3 Å². The largest absolute Gasteiger partial charge is 0.452 e. The highest BCUT2D eigenvalue weighted by Gasteiger charge is 2.35. The Kier molecular flexibility index (Phi) is 6.47. The van der Waals surface area contributed by atoms with Crippen LogP contribution in [0.2, 0.25) is 0 Å². The van der Waals surface area contributed by atoms with Gasteiger partial charge in [0.1, 0.15) is 0 Å². The Morgan fingerprint density at radius 1 is 1.23 bits per heavy atom. The van der Waals surface area contributed by atoms with E-state index in [-0.39, 0.29) is 29.8 Å². The third-order valence-corrected chi connectivity index (χ3v) is 3.66. The Morgan fingerprint density at radius 2 is 1.96 bits per heavy atom. The molecule has 0 aromatic heterocycles. The predicted octanol–water partition coefficient (Wildman–Crippen LogP) is 0.225. The monoisotopic (exact) mass is 358 g/mol. The van der Waals surface area contributed by atoms with Crippen LogP contribution in [0, 0.1) is 12.3 Å². The van der Waals surface area contributed by atoms with E-state index in [1.54, 1.807) is 0 Å². The zero-order valence-electron chi connectivity index (χ0n) is 14.2. The summed E-state index contributed by atoms with van der Waals surface area (Å²) in [5, 5.41) is 2.36. The molecule has 0 spiro atoms. The molecule has 26 heavy (non-hydrogen) atoms. The van der Waals surface area contributed by atoms with Crippen molar-refractivity contribution in [2.75, 3.05) is 33.4 Å². The molecule has 1 aromatic rings. The minimum Gasteiger partial charge on any atom is -0.452 e. The van der Waals surface area contributed by atoms with Crippen molar-refractivity contribution in [1.29, 1.82) is 0 Å². The highest BCUT2D eigenvalue weighted by Crippen LogP contribution is 2.24. The molecule has 1 aromatic carbocycles. The Labute approximate surface area is 150 Å². The van der Waals surface area contributed by atoms with Gasteiger partial charge in [-0.1, -0.05) is 5.92 Å². The molecule has 2 rings (SSSR count). The van der Waals surface area contributed by atoms with Crippen LogP contribution in [0.1, 0.15) is 37.5 Å². The lowest BCUT2D eigenvalue weighted by Gasteiger charge is -2.12. The molecule has 1 heterocycles. The summed E-state index contributed by atoms with van der Waals surface area (Å²) in [6.07, 6.45) is 5.52. The van der Waals surface area contributed by atoms with Gasteiger partial charge in [0.2, 0.25) is 0 Å². The van der Waals surface area contributed by atoms with E-state index in [2.05, 4.69) is 11.2 Å². The molecule has 8 nitrogen and oxygen atoms in total. The number of rotatable bonds is 8. The van der Waals surface area contributed by atoms with Crippen molar-refractivity contribution in [1.82, 2.24) is 10.2 Å². The number of hydrogen-bond acceptors (Lipinski definition) is 6. The molecule has 0 bridgehead atoms. The second-order valence-corrected chi connectivity index (χ2v) is 5.43. The second-order valence-electron chi connectivity index (χ2n) is 5.43. The van der Waals surface area contributed by atoms with Crippen molar-refractivity contribution in [2.24, 2.45) is 0 Å². The molecular weight excluding hydrogens is 340 g/mol. The molecule has 0 radical (unpaired) electrons. The van der Waals surface area contributed by atoms with Crippen LogP contribution in [0.4, 0.5) is 0 Å². The van der Waals surface area contributed by atoms with Crippen LogP contribution in [0.3, 0.4) is 0 Å². The number of carbonyl (C=O) groups excluding carboxylic acids is 4. The number of amides is 3. The number of nitrogens with zero attached hydrogens (tertiary/aromatic N) is 1. The fourth-order valence-corrected chi connectivity index (χ4v) is 2.40. The summed E-state index contributed by atoms with van der Waals surface area (Å²) in [4.78, 5) is 49.2. The highest BCUT2D eigenvalue weighted by atomic mass is 16.5. The molecule has 0 atom stereocenters. The van der Waals surface area contributed by atoms with Crippen LogP contribution in [-0.2, 0) is 14.3 Å². The van der Waals surface area contributed by atoms with Gasteiger partial charge in [0, 0.05) is 20.3 Å². The standard InChI is InChI=1S/C18H18N2O6/c1-3-7-19-15(21)11-26-18(24)12-5-6-13-14(10-12)17(23)20(16(13)22)8-4-9-25-2/h1,5-6,10H,4,7-9,11H2,2H3,(H,19,21). The van der Waals surface area contributed by atoms with Crippen molar-refractivity contribution in [3.8, 4) is 12.3 Å². The topological polar surface area (TPSA) is 102 Å². The number of imide groups is 1. The summed E-state index contributed by atoms with van der Waals surface area (Å²) >= 11 is 0. The van der Waals surface area contributed by atoms with E-state index in [0.29, 0.717) is 13.0 Å². The first-order chi connectivity index (χ1) is 12.5. The molecule has 1 N–H and O–H groups in total. The number of methoxy groups -OCH3 is 1. The molecule has 136 valence electrons. The number of carbonyl (C=O) groups is 4. The molecule has 0 saturated carbocycles. The average Bonchev–Trinajstić information content (AvgIpc) is 2.88. The molecule has 0 saturated heterocycles. The van der Waals surface area contributed by atoms with Gasteiger partial charge in [0.05, 0.1) is 23.2 Å². The summed E-state index contributed by atoms with van der Waals surface area (Å²) in [5.41, 5.74) is 0.447. The van der Waals surface area contributed by atoms with E-state index >= 15 is 0 Å². The minimum absolute atomic E-state index is 0.0325. The number of fused-ring (bicyclic) bond motifs is 1. The van der Waals surface area contributed by atoms with Crippen molar-refractivity contribution >= 4 is 23.7 Å². The van der Waals surface area contributed by atoms with Crippen molar-refractivity contribution in [2.45, 2.75) is 6.42 Å². The fourth-order valence-electron chi connectivity index (χ4n) is 2.40. The number of ether oxygens (including phenoxy) is 2. The molecular formula is C18H18N2O6. The van der Waals surface area contributed by atoms with Gasteiger partial charge in [-0.2, -0.15) is 0 Å². The summed E-state index contributed by atoms with van der Waals surface area (Å²) < 4.78 is 9.79. The van der Waals surface area contributed by atoms with Gasteiger partial charge in [-0.15, -0.1) is 6.42 Å². The fraction of sp³-hybridized carbons (Fsp3) is 0.333. The van der Waals surface area contributed by atoms with Crippen molar-refractivity contribution < 1.29 is 28.7 Å². The molecule has 0 unspecified atom stereocenters. The molecule has 1 aliphatic rings. The Balaban J connectivity index is 2.04. The first-order valence-corrected chi connectivity index (χ1v) is 7.86. The van der Waals surface area contributed by atoms with Crippen molar-refractivity contribution in [3.63, 3.8) is 0 Å². The summed E-state index contributed by atoms with van der Waals surface area (Å²) in [6, 6.07) is 4.08. The van der Waals surface area contributed by atoms with Gasteiger partial charge in [0.15, 0.2) is 6.61 Å². The van der Waals surface area contributed by atoms with Crippen LogP contribution in [-0.4, -0.2) is 62.0 Å². The maximum Gasteiger partial charge on any atom is 0.338 e. The second kappa shape index (κ2) is 8.78. The summed E-state index contributed by atoms with van der Waals surface area (Å²) in [6.45, 7) is 0.195. The normalized spacial score (nSPS) is 12.5. The minimum atomic E-state index is -0.776. The maximum absolute atomic E-state index is 12.4. The molecule has 1 aliphatic heterocycles. The molecule has 3 amide bonds. The first-order valence-electron chi connectivity index (χ1n) is 7.86. The predicted molar refractivity (Wildman–Crippen MR) is 90.4 cm³/mol. The Bertz CT molecular complexity index is 780. The van der Waals surface area contributed by atoms with Gasteiger partial charge in [-0.3, -0.25) is 19.3 Å². The van der Waals surface area contributed by atoms with E-state index < -0.39 is 30.3 Å². The highest BCUT2D eigenvalue weighted by molar-refractivity contribution is 6.21. The zero-order chi connectivity index (χ0) is 19.1. The molecule has 0 aliphatic carbocycles. The van der Waals surface area contributed by atoms with Gasteiger partial charge in [-0.05, 0) is 24.6 Å². The lowest BCUT2D eigenvalue weighted by atomic mass is 10.1. The van der Waals surface area contributed by atoms with Crippen LogP contribution >= 0.6 is 0 Å².